The number of amidine groups is 1. The van der Waals surface area contributed by atoms with Crippen LogP contribution in [0, 0.1) is 18.6 Å². The maximum absolute atomic E-state index is 14.0. The Balaban J connectivity index is 2.55. The summed E-state index contributed by atoms with van der Waals surface area (Å²) in [7, 11) is 0. The Morgan fingerprint density at radius 1 is 1.11 bits per heavy atom. The molecule has 98 valence electrons. The van der Waals surface area contributed by atoms with Crippen molar-refractivity contribution in [3.05, 3.63) is 65.2 Å². The third-order valence-corrected chi connectivity index (χ3v) is 2.65. The molecule has 0 fully saturated rings. The predicted molar refractivity (Wildman–Crippen MR) is 71.1 cm³/mol. The predicted octanol–water partition coefficient (Wildman–Crippen LogP) is 2.81. The summed E-state index contributed by atoms with van der Waals surface area (Å²) in [5, 5.41) is 0. The second-order valence-corrected chi connectivity index (χ2v) is 3.99. The van der Waals surface area contributed by atoms with E-state index in [1.807, 2.05) is 6.07 Å². The van der Waals surface area contributed by atoms with Crippen LogP contribution in [0.15, 0.2) is 47.5 Å². The van der Waals surface area contributed by atoms with Crippen LogP contribution >= 0.6 is 0 Å². The SMILES string of the molecule is Cc1ccc(F)c(C(=Nc2ccccc2)NN)c1F. The van der Waals surface area contributed by atoms with Gasteiger partial charge < -0.3 is 5.43 Å². The fourth-order valence-corrected chi connectivity index (χ4v) is 1.67. The van der Waals surface area contributed by atoms with Gasteiger partial charge >= 0.3 is 0 Å². The van der Waals surface area contributed by atoms with Crippen molar-refractivity contribution in [1.29, 1.82) is 0 Å². The average molecular weight is 261 g/mol. The number of nitrogens with one attached hydrogen (secondary N) is 1. The van der Waals surface area contributed by atoms with Crippen molar-refractivity contribution in [3.8, 4) is 0 Å². The van der Waals surface area contributed by atoms with Crippen LogP contribution in [0.25, 0.3) is 0 Å². The summed E-state index contributed by atoms with van der Waals surface area (Å²) < 4.78 is 27.7. The minimum atomic E-state index is -0.712. The van der Waals surface area contributed by atoms with Crippen molar-refractivity contribution in [2.24, 2.45) is 10.8 Å². The molecule has 19 heavy (non-hydrogen) atoms. The van der Waals surface area contributed by atoms with E-state index >= 15 is 0 Å². The summed E-state index contributed by atoms with van der Waals surface area (Å²) >= 11 is 0. The summed E-state index contributed by atoms with van der Waals surface area (Å²) in [5.41, 5.74) is 2.87. The molecule has 5 heteroatoms. The molecule has 0 unspecified atom stereocenters. The fourth-order valence-electron chi connectivity index (χ4n) is 1.67. The van der Waals surface area contributed by atoms with Gasteiger partial charge in [0.15, 0.2) is 5.84 Å². The van der Waals surface area contributed by atoms with E-state index in [-0.39, 0.29) is 11.4 Å². The summed E-state index contributed by atoms with van der Waals surface area (Å²) in [5.74, 6) is 3.89. The number of hydrazine groups is 1. The van der Waals surface area contributed by atoms with E-state index < -0.39 is 11.6 Å². The second kappa shape index (κ2) is 5.58. The largest absolute Gasteiger partial charge is 0.308 e. The standard InChI is InChI=1S/C14H13F2N3/c1-9-7-8-11(15)12(13(9)16)14(19-17)18-10-5-3-2-4-6-10/h2-8H,17H2,1H3,(H,18,19). The first-order chi connectivity index (χ1) is 9.13. The highest BCUT2D eigenvalue weighted by Crippen LogP contribution is 2.19. The summed E-state index contributed by atoms with van der Waals surface area (Å²) in [6.07, 6.45) is 0. The highest BCUT2D eigenvalue weighted by atomic mass is 19.1. The molecule has 3 nitrogen and oxygen atoms in total. The highest BCUT2D eigenvalue weighted by molar-refractivity contribution is 6.00. The third kappa shape index (κ3) is 2.77. The van der Waals surface area contributed by atoms with Gasteiger partial charge in [0.2, 0.25) is 0 Å². The normalized spacial score (nSPS) is 11.5. The quantitative estimate of drug-likeness (QED) is 0.378. The van der Waals surface area contributed by atoms with E-state index in [0.717, 1.165) is 0 Å². The first-order valence-corrected chi connectivity index (χ1v) is 5.69. The van der Waals surface area contributed by atoms with Crippen molar-refractivity contribution in [3.63, 3.8) is 0 Å². The van der Waals surface area contributed by atoms with Crippen LogP contribution < -0.4 is 11.3 Å². The molecule has 0 aromatic heterocycles. The molecule has 0 aliphatic carbocycles. The number of para-hydroxylation sites is 1. The van der Waals surface area contributed by atoms with Gasteiger partial charge in [0.05, 0.1) is 11.3 Å². The third-order valence-electron chi connectivity index (χ3n) is 2.65. The minimum Gasteiger partial charge on any atom is -0.308 e. The van der Waals surface area contributed by atoms with Gasteiger partial charge in [0, 0.05) is 0 Å². The lowest BCUT2D eigenvalue weighted by Crippen LogP contribution is -2.32. The monoisotopic (exact) mass is 261 g/mol. The number of benzene rings is 2. The van der Waals surface area contributed by atoms with E-state index in [2.05, 4.69) is 10.4 Å². The second-order valence-electron chi connectivity index (χ2n) is 3.99. The number of aliphatic imine (C=N–C) groups is 1. The lowest BCUT2D eigenvalue weighted by atomic mass is 10.1. The summed E-state index contributed by atoms with van der Waals surface area (Å²) in [6, 6.07) is 11.3. The highest BCUT2D eigenvalue weighted by Gasteiger charge is 2.16. The van der Waals surface area contributed by atoms with Gasteiger partial charge in [0.1, 0.15) is 11.6 Å². The molecular weight excluding hydrogens is 248 g/mol. The molecule has 0 bridgehead atoms. The van der Waals surface area contributed by atoms with Crippen molar-refractivity contribution < 1.29 is 8.78 Å². The van der Waals surface area contributed by atoms with Crippen LogP contribution in [0.1, 0.15) is 11.1 Å². The van der Waals surface area contributed by atoms with E-state index in [0.29, 0.717) is 11.3 Å². The minimum absolute atomic E-state index is 0.0510. The van der Waals surface area contributed by atoms with Crippen LogP contribution in [0.3, 0.4) is 0 Å². The number of hydrogen-bond donors (Lipinski definition) is 2. The molecule has 3 N–H and O–H groups in total. The van der Waals surface area contributed by atoms with Crippen LogP contribution in [0.5, 0.6) is 0 Å². The number of halogens is 2. The molecule has 2 aromatic rings. The molecule has 0 amide bonds. The Hall–Kier alpha value is -2.27. The number of aryl methyl sites for hydroxylation is 1. The van der Waals surface area contributed by atoms with E-state index in [1.54, 1.807) is 31.2 Å². The van der Waals surface area contributed by atoms with Crippen molar-refractivity contribution in [2.45, 2.75) is 6.92 Å². The van der Waals surface area contributed by atoms with Crippen molar-refractivity contribution in [1.82, 2.24) is 5.43 Å². The first-order valence-electron chi connectivity index (χ1n) is 5.69. The number of nitrogens with zero attached hydrogens (tertiary/aromatic N) is 1. The van der Waals surface area contributed by atoms with Gasteiger partial charge in [-0.15, -0.1) is 0 Å². The molecule has 0 aliphatic heterocycles. The number of hydrogen-bond acceptors (Lipinski definition) is 2. The van der Waals surface area contributed by atoms with Gasteiger partial charge in [-0.05, 0) is 30.7 Å². The Morgan fingerprint density at radius 3 is 2.42 bits per heavy atom. The Kier molecular flexibility index (Phi) is 3.87. The van der Waals surface area contributed by atoms with E-state index in [9.17, 15) is 8.78 Å². The maximum atomic E-state index is 14.0. The maximum Gasteiger partial charge on any atom is 0.153 e. The average Bonchev–Trinajstić information content (AvgIpc) is 2.43. The number of rotatable bonds is 2. The smallest absolute Gasteiger partial charge is 0.153 e. The lowest BCUT2D eigenvalue weighted by molar-refractivity contribution is 0.571. The number of nitrogens with two attached hydrogens (primary N) is 1. The van der Waals surface area contributed by atoms with Crippen LogP contribution in [0.2, 0.25) is 0 Å². The topological polar surface area (TPSA) is 50.4 Å². The van der Waals surface area contributed by atoms with E-state index in [1.165, 1.54) is 12.1 Å². The summed E-state index contributed by atoms with van der Waals surface area (Å²) in [6.45, 7) is 1.55. The van der Waals surface area contributed by atoms with Gasteiger partial charge in [-0.25, -0.2) is 19.6 Å². The lowest BCUT2D eigenvalue weighted by Gasteiger charge is -2.10. The van der Waals surface area contributed by atoms with Crippen molar-refractivity contribution >= 4 is 11.5 Å². The van der Waals surface area contributed by atoms with Gasteiger partial charge in [-0.2, -0.15) is 0 Å². The zero-order chi connectivity index (χ0) is 13.8. The molecule has 2 rings (SSSR count). The molecule has 0 saturated carbocycles. The van der Waals surface area contributed by atoms with Crippen LogP contribution in [-0.4, -0.2) is 5.84 Å². The van der Waals surface area contributed by atoms with E-state index in [4.69, 9.17) is 5.84 Å². The van der Waals surface area contributed by atoms with Crippen LogP contribution in [-0.2, 0) is 0 Å². The van der Waals surface area contributed by atoms with Gasteiger partial charge in [0.25, 0.3) is 0 Å². The molecule has 2 aromatic carbocycles. The van der Waals surface area contributed by atoms with Gasteiger partial charge in [-0.3, -0.25) is 0 Å². The Morgan fingerprint density at radius 2 is 1.79 bits per heavy atom. The molecule has 0 spiro atoms. The van der Waals surface area contributed by atoms with Gasteiger partial charge in [-0.1, -0.05) is 24.3 Å². The summed E-state index contributed by atoms with van der Waals surface area (Å²) in [4.78, 5) is 4.11. The molecular formula is C14H13F2N3. The van der Waals surface area contributed by atoms with Crippen molar-refractivity contribution in [2.75, 3.05) is 0 Å². The molecule has 0 saturated heterocycles. The Bertz CT molecular complexity index is 610. The molecule has 0 heterocycles. The molecule has 0 aliphatic rings. The Labute approximate surface area is 109 Å². The zero-order valence-corrected chi connectivity index (χ0v) is 10.3. The molecule has 0 atom stereocenters. The zero-order valence-electron chi connectivity index (χ0n) is 10.3. The first kappa shape index (κ1) is 13.2. The fraction of sp³-hybridized carbons (Fsp3) is 0.0714. The molecule has 0 radical (unpaired) electrons. The van der Waals surface area contributed by atoms with Crippen LogP contribution in [0.4, 0.5) is 14.5 Å².